The van der Waals surface area contributed by atoms with Crippen LogP contribution in [0, 0.1) is 22.7 Å². The maximum Gasteiger partial charge on any atom is 0.408 e. The number of nitrogens with one attached hydrogen (secondary N) is 4. The number of alkyl halides is 1. The molecule has 5 N–H and O–H groups in total. The Hall–Kier alpha value is -7.50. The number of ether oxygens (including phenoxy) is 5. The highest BCUT2D eigenvalue weighted by Gasteiger charge is 2.26. The van der Waals surface area contributed by atoms with E-state index in [4.69, 9.17) is 45.3 Å². The van der Waals surface area contributed by atoms with Crippen molar-refractivity contribution in [1.82, 2.24) is 26.2 Å². The number of alkyl carbamates (subject to hydrolysis) is 4. The molecule has 420 valence electrons. The van der Waals surface area contributed by atoms with E-state index in [1.807, 2.05) is 6.07 Å². The van der Waals surface area contributed by atoms with Gasteiger partial charge in [0.05, 0.1) is 11.4 Å². The molecule has 26 heteroatoms. The summed E-state index contributed by atoms with van der Waals surface area (Å²) in [5.74, 6) is -1.90. The number of carbonyl (C=O) groups is 6. The lowest BCUT2D eigenvalue weighted by Crippen LogP contribution is -2.44. The number of hydrogen-bond donors (Lipinski definition) is 5. The predicted octanol–water partition coefficient (Wildman–Crippen LogP) is 11.0. The number of hydrogen-bond acceptors (Lipinski definition) is 16. The summed E-state index contributed by atoms with van der Waals surface area (Å²) in [4.78, 5) is 78.6. The summed E-state index contributed by atoms with van der Waals surface area (Å²) < 4.78 is 25.2. The molecule has 2 aromatic rings. The highest BCUT2D eigenvalue weighted by atomic mass is 79.9. The van der Waals surface area contributed by atoms with E-state index in [1.54, 1.807) is 96.1 Å². The summed E-state index contributed by atoms with van der Waals surface area (Å²) in [5.41, 5.74) is 17.5. The minimum atomic E-state index is -1.16. The van der Waals surface area contributed by atoms with E-state index < -0.39 is 66.2 Å². The molecule has 0 unspecified atom stereocenters. The normalized spacial score (nSPS) is 11.1. The predicted molar refractivity (Wildman–Crippen MR) is 287 cm³/mol. The van der Waals surface area contributed by atoms with Gasteiger partial charge < -0.3 is 50.1 Å². The molecule has 0 saturated heterocycles. The standard InChI is InChI=1S/C21H28N6O6.C19H27N5O6.C8H19N.C2H2BrN/c1-21(2,3)33-20(30)25-17(18(28)31-13-11-22)10-6-7-12-24-19(29)32-14-15-8-4-5-9-16(15)26-27-23;1-19(2,3)30-18(28)22-15(16(25)26)10-6-7-11-21-17(27)29-12-13-8-4-5-9-14(13)23-24-20;1-6-9(7(2)3)8(4)5;3-1-2-4/h4-5,8-9,17H,6-7,10,12-14H2,1-3H3,(H,24,29)(H,25,30);4-5,8-9,15H,6-7,10-12H2,1-3H3,(H,21,27)(H,22,28)(H,25,26);7-8H,6H2,1-5H3;1H2/t17-;15-;;/m00../s1. The minimum absolute atomic E-state index is 0.0536. The molecule has 0 heterocycles. The average Bonchev–Trinajstić information content (AvgIpc) is 3.33. The Labute approximate surface area is 454 Å². The third kappa shape index (κ3) is 37.3. The fourth-order valence-electron chi connectivity index (χ4n) is 6.21. The summed E-state index contributed by atoms with van der Waals surface area (Å²) in [6, 6.07) is 16.3. The molecule has 2 aromatic carbocycles. The fourth-order valence-corrected chi connectivity index (χ4v) is 6.21. The summed E-state index contributed by atoms with van der Waals surface area (Å²) in [6.07, 6.45) is -0.566. The van der Waals surface area contributed by atoms with Crippen LogP contribution in [0.4, 0.5) is 30.6 Å². The van der Waals surface area contributed by atoms with Gasteiger partial charge in [-0.2, -0.15) is 10.5 Å². The third-order valence-electron chi connectivity index (χ3n) is 9.38. The van der Waals surface area contributed by atoms with Crippen LogP contribution >= 0.6 is 15.9 Å². The van der Waals surface area contributed by atoms with Gasteiger partial charge in [-0.25, -0.2) is 28.8 Å². The summed E-state index contributed by atoms with van der Waals surface area (Å²) in [5, 5.41) is 42.8. The quantitative estimate of drug-likeness (QED) is 0.0124. The zero-order valence-corrected chi connectivity index (χ0v) is 47.0. The number of azide groups is 2. The van der Waals surface area contributed by atoms with Crippen molar-refractivity contribution < 1.29 is 57.6 Å². The molecule has 0 aliphatic heterocycles. The summed E-state index contributed by atoms with van der Waals surface area (Å²) in [7, 11) is 0. The Morgan fingerprint density at radius 1 is 0.671 bits per heavy atom. The number of carboxylic acids is 1. The van der Waals surface area contributed by atoms with Gasteiger partial charge in [-0.15, -0.1) is 0 Å². The molecular weight excluding hydrogens is 1050 g/mol. The van der Waals surface area contributed by atoms with Crippen LogP contribution in [0.15, 0.2) is 58.8 Å². The number of esters is 1. The first-order valence-electron chi connectivity index (χ1n) is 24.3. The fraction of sp³-hybridized carbons (Fsp3) is 0.600. The zero-order valence-electron chi connectivity index (χ0n) is 45.5. The molecule has 76 heavy (non-hydrogen) atoms. The molecule has 0 aromatic heterocycles. The molecule has 0 bridgehead atoms. The van der Waals surface area contributed by atoms with Gasteiger partial charge in [-0.3, -0.25) is 4.90 Å². The number of carbonyl (C=O) groups excluding carboxylic acids is 5. The Morgan fingerprint density at radius 3 is 1.39 bits per heavy atom. The smallest absolute Gasteiger partial charge is 0.408 e. The van der Waals surface area contributed by atoms with Crippen LogP contribution in [0.3, 0.4) is 0 Å². The lowest BCUT2D eigenvalue weighted by atomic mass is 10.1. The van der Waals surface area contributed by atoms with Crippen molar-refractivity contribution >= 4 is 63.6 Å². The van der Waals surface area contributed by atoms with Crippen LogP contribution in [0.5, 0.6) is 0 Å². The van der Waals surface area contributed by atoms with Crippen molar-refractivity contribution in [1.29, 1.82) is 10.5 Å². The molecule has 2 atom stereocenters. The lowest BCUT2D eigenvalue weighted by Gasteiger charge is -2.28. The number of halogens is 1. The maximum absolute atomic E-state index is 12.1. The number of nitriles is 2. The highest BCUT2D eigenvalue weighted by molar-refractivity contribution is 9.09. The van der Waals surface area contributed by atoms with Gasteiger partial charge in [0.2, 0.25) is 0 Å². The number of carboxylic acid groups (broad SMARTS) is 1. The number of amides is 4. The van der Waals surface area contributed by atoms with Crippen molar-refractivity contribution in [2.45, 2.75) is 163 Å². The first-order valence-corrected chi connectivity index (χ1v) is 25.4. The molecule has 4 amide bonds. The van der Waals surface area contributed by atoms with E-state index in [-0.39, 0.29) is 39.1 Å². The first kappa shape index (κ1) is 70.6. The van der Waals surface area contributed by atoms with Crippen LogP contribution in [-0.4, -0.2) is 113 Å². The van der Waals surface area contributed by atoms with E-state index in [9.17, 15) is 33.9 Å². The molecule has 0 fully saturated rings. The Morgan fingerprint density at radius 2 is 1.07 bits per heavy atom. The van der Waals surface area contributed by atoms with Crippen molar-refractivity contribution in [2.75, 3.05) is 31.6 Å². The van der Waals surface area contributed by atoms with E-state index in [1.165, 1.54) is 0 Å². The molecule has 0 aliphatic carbocycles. The van der Waals surface area contributed by atoms with E-state index in [0.29, 0.717) is 65.6 Å². The van der Waals surface area contributed by atoms with E-state index in [2.05, 4.69) is 96.8 Å². The van der Waals surface area contributed by atoms with Crippen LogP contribution in [0.2, 0.25) is 0 Å². The minimum Gasteiger partial charge on any atom is -0.480 e. The van der Waals surface area contributed by atoms with Crippen LogP contribution in [0.25, 0.3) is 20.9 Å². The van der Waals surface area contributed by atoms with E-state index in [0.717, 1.165) is 6.54 Å². The highest BCUT2D eigenvalue weighted by Crippen LogP contribution is 2.21. The number of rotatable bonds is 24. The van der Waals surface area contributed by atoms with Crippen molar-refractivity contribution in [3.63, 3.8) is 0 Å². The molecule has 0 spiro atoms. The van der Waals surface area contributed by atoms with Gasteiger partial charge in [0, 0.05) is 46.4 Å². The maximum atomic E-state index is 12.1. The second-order valence-corrected chi connectivity index (χ2v) is 19.0. The largest absolute Gasteiger partial charge is 0.480 e. The van der Waals surface area contributed by atoms with Crippen molar-refractivity contribution in [3.8, 4) is 12.1 Å². The number of benzene rings is 2. The molecular formula is C50H76BrN13O12. The number of unbranched alkanes of at least 4 members (excludes halogenated alkanes) is 2. The van der Waals surface area contributed by atoms with Crippen LogP contribution in [0.1, 0.15) is 126 Å². The topological polar surface area (TPSA) is 365 Å². The average molecular weight is 1130 g/mol. The second-order valence-electron chi connectivity index (χ2n) is 18.4. The molecule has 0 radical (unpaired) electrons. The van der Waals surface area contributed by atoms with E-state index >= 15 is 0 Å². The molecule has 0 aliphatic rings. The Balaban J connectivity index is 0. The van der Waals surface area contributed by atoms with Crippen molar-refractivity contribution in [2.24, 2.45) is 10.2 Å². The van der Waals surface area contributed by atoms with Gasteiger partial charge >= 0.3 is 36.3 Å². The van der Waals surface area contributed by atoms with Crippen molar-refractivity contribution in [3.05, 3.63) is 80.5 Å². The van der Waals surface area contributed by atoms with Gasteiger partial charge in [0.1, 0.15) is 42.6 Å². The molecule has 0 saturated carbocycles. The monoisotopic (exact) mass is 1130 g/mol. The molecule has 2 rings (SSSR count). The Kier molecular flexibility index (Phi) is 37.9. The number of nitrogens with zero attached hydrogens (tertiary/aromatic N) is 9. The van der Waals surface area contributed by atoms with Crippen LogP contribution in [-0.2, 0) is 46.5 Å². The lowest BCUT2D eigenvalue weighted by molar-refractivity contribution is -0.145. The number of aliphatic carboxylic acids is 1. The zero-order chi connectivity index (χ0) is 58.1. The van der Waals surface area contributed by atoms with Gasteiger partial charge in [0.25, 0.3) is 0 Å². The Bertz CT molecular complexity index is 2260. The third-order valence-corrected chi connectivity index (χ3v) is 9.63. The summed E-state index contributed by atoms with van der Waals surface area (Å²) in [6.45, 7) is 22.4. The van der Waals surface area contributed by atoms with Crippen LogP contribution < -0.4 is 21.3 Å². The first-order chi connectivity index (χ1) is 35.8. The second kappa shape index (κ2) is 40.8. The van der Waals surface area contributed by atoms with Gasteiger partial charge in [0.15, 0.2) is 6.61 Å². The SMILES string of the molecule is CC(C)(C)OC(=O)N[C@@H](CCCCNC(=O)OCc1ccccc1N=[N+]=[N-])C(=O)O.CC(C)(C)OC(=O)N[C@@H](CCCCNC(=O)OCc1ccccc1N=[N+]=[N-])C(=O)OCC#N.CCN(C(C)C)C(C)C.N#CCBr. The van der Waals surface area contributed by atoms with Gasteiger partial charge in [-0.1, -0.05) is 81.6 Å². The molecule has 25 nitrogen and oxygen atoms in total. The summed E-state index contributed by atoms with van der Waals surface area (Å²) >= 11 is 2.89. The van der Waals surface area contributed by atoms with Gasteiger partial charge in [-0.05, 0) is 136 Å².